The molecule has 3 rings (SSSR count). The summed E-state index contributed by atoms with van der Waals surface area (Å²) in [6.07, 6.45) is 3.60. The second-order valence-electron chi connectivity index (χ2n) is 5.24. The van der Waals surface area contributed by atoms with E-state index in [4.69, 9.17) is 0 Å². The fourth-order valence-electron chi connectivity index (χ4n) is 2.38. The minimum Gasteiger partial charge on any atom is -0.303 e. The number of nitrogens with zero attached hydrogens (tertiary/aromatic N) is 1. The van der Waals surface area contributed by atoms with Crippen LogP contribution in [-0.2, 0) is 11.3 Å². The highest BCUT2D eigenvalue weighted by atomic mass is 32.2. The van der Waals surface area contributed by atoms with Crippen molar-refractivity contribution in [2.24, 2.45) is 0 Å². The maximum Gasteiger partial charge on any atom is 0.329 e. The van der Waals surface area contributed by atoms with Crippen LogP contribution in [0.5, 0.6) is 0 Å². The van der Waals surface area contributed by atoms with Gasteiger partial charge in [-0.1, -0.05) is 30.3 Å². The standard InChI is InChI=1S/C18H15FN2O2S/c1-24-14-8-6-12(7-9-14)10-16-17(22)21(18(23)20-16)11-13-4-2-3-5-15(13)19/h2-10H,11H2,1H3,(H,20,23)/b16-10-. The number of carbonyl (C=O) groups excluding carboxylic acids is 2. The van der Waals surface area contributed by atoms with E-state index in [0.29, 0.717) is 5.56 Å². The minimum absolute atomic E-state index is 0.0971. The maximum atomic E-state index is 13.7. The van der Waals surface area contributed by atoms with Crippen molar-refractivity contribution < 1.29 is 14.0 Å². The molecule has 0 aliphatic carbocycles. The van der Waals surface area contributed by atoms with Gasteiger partial charge in [-0.2, -0.15) is 0 Å². The van der Waals surface area contributed by atoms with Crippen LogP contribution in [0.15, 0.2) is 59.1 Å². The van der Waals surface area contributed by atoms with Gasteiger partial charge in [0.2, 0.25) is 0 Å². The molecule has 0 bridgehead atoms. The van der Waals surface area contributed by atoms with Gasteiger partial charge in [0.05, 0.1) is 6.54 Å². The van der Waals surface area contributed by atoms with Gasteiger partial charge in [-0.25, -0.2) is 9.18 Å². The van der Waals surface area contributed by atoms with Gasteiger partial charge in [0.25, 0.3) is 5.91 Å². The molecule has 0 aromatic heterocycles. The molecule has 1 aliphatic rings. The number of amides is 3. The smallest absolute Gasteiger partial charge is 0.303 e. The molecule has 0 saturated carbocycles. The lowest BCUT2D eigenvalue weighted by molar-refractivity contribution is -0.123. The molecule has 1 fully saturated rings. The van der Waals surface area contributed by atoms with Gasteiger partial charge in [-0.05, 0) is 36.1 Å². The molecule has 3 amide bonds. The number of nitrogens with one attached hydrogen (secondary N) is 1. The molecule has 0 atom stereocenters. The van der Waals surface area contributed by atoms with Crippen LogP contribution in [0, 0.1) is 5.82 Å². The third-order valence-electron chi connectivity index (χ3n) is 3.68. The van der Waals surface area contributed by atoms with E-state index in [1.165, 1.54) is 6.07 Å². The van der Waals surface area contributed by atoms with Gasteiger partial charge in [-0.15, -0.1) is 11.8 Å². The number of benzene rings is 2. The number of urea groups is 1. The Morgan fingerprint density at radius 2 is 1.83 bits per heavy atom. The Hall–Kier alpha value is -2.60. The first-order valence-corrected chi connectivity index (χ1v) is 8.53. The molecule has 1 saturated heterocycles. The summed E-state index contributed by atoms with van der Waals surface area (Å²) in [6, 6.07) is 13.2. The van der Waals surface area contributed by atoms with Gasteiger partial charge in [0, 0.05) is 10.5 Å². The summed E-state index contributed by atoms with van der Waals surface area (Å²) in [5.74, 6) is -0.902. The number of rotatable bonds is 4. The number of thioether (sulfide) groups is 1. The normalized spacial score (nSPS) is 15.9. The molecular formula is C18H15FN2O2S. The summed E-state index contributed by atoms with van der Waals surface area (Å²) in [7, 11) is 0. The Morgan fingerprint density at radius 1 is 1.12 bits per heavy atom. The van der Waals surface area contributed by atoms with E-state index in [9.17, 15) is 14.0 Å². The largest absolute Gasteiger partial charge is 0.329 e. The van der Waals surface area contributed by atoms with Gasteiger partial charge in [0.1, 0.15) is 11.5 Å². The van der Waals surface area contributed by atoms with Crippen molar-refractivity contribution in [1.82, 2.24) is 10.2 Å². The van der Waals surface area contributed by atoms with Crippen molar-refractivity contribution in [3.63, 3.8) is 0 Å². The molecule has 2 aromatic rings. The predicted octanol–water partition coefficient (Wildman–Crippen LogP) is 3.64. The first kappa shape index (κ1) is 16.3. The van der Waals surface area contributed by atoms with Crippen LogP contribution < -0.4 is 5.32 Å². The zero-order valence-corrected chi connectivity index (χ0v) is 13.8. The molecule has 0 spiro atoms. The second-order valence-corrected chi connectivity index (χ2v) is 6.12. The Bertz CT molecular complexity index is 818. The molecule has 6 heteroatoms. The van der Waals surface area contributed by atoms with E-state index >= 15 is 0 Å². The van der Waals surface area contributed by atoms with Crippen LogP contribution in [0.2, 0.25) is 0 Å². The molecule has 122 valence electrons. The summed E-state index contributed by atoms with van der Waals surface area (Å²) in [6.45, 7) is -0.0971. The number of halogens is 1. The van der Waals surface area contributed by atoms with E-state index in [1.54, 1.807) is 36.0 Å². The van der Waals surface area contributed by atoms with Crippen LogP contribution in [0.1, 0.15) is 11.1 Å². The molecule has 4 nitrogen and oxygen atoms in total. The average Bonchev–Trinajstić information content (AvgIpc) is 2.85. The Morgan fingerprint density at radius 3 is 2.50 bits per heavy atom. The molecule has 24 heavy (non-hydrogen) atoms. The molecule has 2 aromatic carbocycles. The molecule has 0 unspecified atom stereocenters. The van der Waals surface area contributed by atoms with Gasteiger partial charge < -0.3 is 5.32 Å². The molecule has 1 heterocycles. The van der Waals surface area contributed by atoms with E-state index < -0.39 is 17.8 Å². The van der Waals surface area contributed by atoms with E-state index in [1.807, 2.05) is 30.5 Å². The lowest BCUT2D eigenvalue weighted by atomic mass is 10.2. The van der Waals surface area contributed by atoms with Crippen molar-refractivity contribution in [3.05, 3.63) is 71.2 Å². The number of hydrogen-bond acceptors (Lipinski definition) is 3. The highest BCUT2D eigenvalue weighted by molar-refractivity contribution is 7.98. The third kappa shape index (κ3) is 3.33. The van der Waals surface area contributed by atoms with Gasteiger partial charge in [0.15, 0.2) is 0 Å². The van der Waals surface area contributed by atoms with Crippen molar-refractivity contribution >= 4 is 29.8 Å². The molecular weight excluding hydrogens is 327 g/mol. The number of carbonyl (C=O) groups is 2. The first-order valence-electron chi connectivity index (χ1n) is 7.30. The van der Waals surface area contributed by atoms with Crippen molar-refractivity contribution in [2.75, 3.05) is 6.26 Å². The van der Waals surface area contributed by atoms with Gasteiger partial charge >= 0.3 is 6.03 Å². The number of hydrogen-bond donors (Lipinski definition) is 1. The van der Waals surface area contributed by atoms with E-state index in [2.05, 4.69) is 5.32 Å². The highest BCUT2D eigenvalue weighted by Crippen LogP contribution is 2.20. The van der Waals surface area contributed by atoms with Crippen LogP contribution in [-0.4, -0.2) is 23.1 Å². The van der Waals surface area contributed by atoms with E-state index in [-0.39, 0.29) is 12.2 Å². The van der Waals surface area contributed by atoms with Crippen LogP contribution in [0.3, 0.4) is 0 Å². The Balaban J connectivity index is 1.80. The SMILES string of the molecule is CSc1ccc(/C=C2\NC(=O)N(Cc3ccccc3F)C2=O)cc1. The fourth-order valence-corrected chi connectivity index (χ4v) is 2.79. The molecule has 0 radical (unpaired) electrons. The van der Waals surface area contributed by atoms with E-state index in [0.717, 1.165) is 15.4 Å². The number of imide groups is 1. The Kier molecular flexibility index (Phi) is 4.66. The lowest BCUT2D eigenvalue weighted by Crippen LogP contribution is -2.30. The van der Waals surface area contributed by atoms with Crippen molar-refractivity contribution in [3.8, 4) is 0 Å². The summed E-state index contributed by atoms with van der Waals surface area (Å²) < 4.78 is 13.7. The van der Waals surface area contributed by atoms with Crippen LogP contribution in [0.4, 0.5) is 9.18 Å². The Labute approximate surface area is 143 Å². The molecule has 1 N–H and O–H groups in total. The second kappa shape index (κ2) is 6.88. The maximum absolute atomic E-state index is 13.7. The fraction of sp³-hybridized carbons (Fsp3) is 0.111. The third-order valence-corrected chi connectivity index (χ3v) is 4.42. The topological polar surface area (TPSA) is 49.4 Å². The van der Waals surface area contributed by atoms with Crippen LogP contribution >= 0.6 is 11.8 Å². The van der Waals surface area contributed by atoms with Crippen LogP contribution in [0.25, 0.3) is 6.08 Å². The zero-order chi connectivity index (χ0) is 17.1. The van der Waals surface area contributed by atoms with Gasteiger partial charge in [-0.3, -0.25) is 9.69 Å². The zero-order valence-electron chi connectivity index (χ0n) is 13.0. The summed E-state index contributed by atoms with van der Waals surface area (Å²) >= 11 is 1.62. The molecule has 1 aliphatic heterocycles. The summed E-state index contributed by atoms with van der Waals surface area (Å²) in [5, 5.41) is 2.54. The summed E-state index contributed by atoms with van der Waals surface area (Å²) in [4.78, 5) is 26.5. The van der Waals surface area contributed by atoms with Crippen molar-refractivity contribution in [1.29, 1.82) is 0 Å². The highest BCUT2D eigenvalue weighted by Gasteiger charge is 2.33. The summed E-state index contributed by atoms with van der Waals surface area (Å²) in [5.41, 5.74) is 1.30. The average molecular weight is 342 g/mol. The van der Waals surface area contributed by atoms with Crippen molar-refractivity contribution in [2.45, 2.75) is 11.4 Å². The monoisotopic (exact) mass is 342 g/mol. The quantitative estimate of drug-likeness (QED) is 0.524. The predicted molar refractivity (Wildman–Crippen MR) is 91.7 cm³/mol. The lowest BCUT2D eigenvalue weighted by Gasteiger charge is -2.12. The minimum atomic E-state index is -0.546. The first-order chi connectivity index (χ1) is 11.6.